The zero-order valence-electron chi connectivity index (χ0n) is 13.6. The van der Waals surface area contributed by atoms with E-state index in [1.807, 2.05) is 0 Å². The quantitative estimate of drug-likeness (QED) is 0.846. The first-order valence-electron chi connectivity index (χ1n) is 8.37. The molecule has 21 heavy (non-hydrogen) atoms. The van der Waals surface area contributed by atoms with Gasteiger partial charge in [0.05, 0.1) is 12.1 Å². The van der Waals surface area contributed by atoms with Crippen LogP contribution in [0.5, 0.6) is 0 Å². The summed E-state index contributed by atoms with van der Waals surface area (Å²) in [6, 6.07) is 0.859. The second kappa shape index (κ2) is 6.40. The number of rotatable bonds is 4. The highest BCUT2D eigenvalue weighted by Crippen LogP contribution is 2.34. The van der Waals surface area contributed by atoms with Gasteiger partial charge in [-0.05, 0) is 36.2 Å². The van der Waals surface area contributed by atoms with E-state index >= 15 is 0 Å². The minimum absolute atomic E-state index is 0.342. The van der Waals surface area contributed by atoms with Gasteiger partial charge in [0, 0.05) is 26.2 Å². The number of likely N-dealkylation sites (N-methyl/N-ethyl adjacent to an activating group) is 1. The molecule has 1 atom stereocenters. The highest BCUT2D eigenvalue weighted by molar-refractivity contribution is 4.98. The van der Waals surface area contributed by atoms with Crippen molar-refractivity contribution in [1.82, 2.24) is 30.0 Å². The third-order valence-electron chi connectivity index (χ3n) is 5.02. The van der Waals surface area contributed by atoms with E-state index in [0.717, 1.165) is 32.0 Å². The Kier molecular flexibility index (Phi) is 4.54. The molecular formula is C15H28N6. The fraction of sp³-hybridized carbons (Fsp3) is 0.933. The van der Waals surface area contributed by atoms with E-state index in [9.17, 15) is 0 Å². The van der Waals surface area contributed by atoms with Gasteiger partial charge < -0.3 is 4.90 Å². The summed E-state index contributed by atoms with van der Waals surface area (Å²) in [4.78, 5) is 4.97. The number of tetrazole rings is 1. The lowest BCUT2D eigenvalue weighted by Crippen LogP contribution is -2.47. The van der Waals surface area contributed by atoms with E-state index in [1.54, 1.807) is 0 Å². The predicted molar refractivity (Wildman–Crippen MR) is 82.0 cm³/mol. The Morgan fingerprint density at radius 1 is 1.05 bits per heavy atom. The molecule has 1 aromatic heterocycles. The first kappa shape index (κ1) is 14.9. The van der Waals surface area contributed by atoms with Crippen molar-refractivity contribution < 1.29 is 0 Å². The molecule has 1 aromatic rings. The summed E-state index contributed by atoms with van der Waals surface area (Å²) < 4.78 is 2.13. The SMILES string of the molecule is CC(C)C(c1nnnn1C1CCCC1)N1CCN(C)CC1. The lowest BCUT2D eigenvalue weighted by Gasteiger charge is -2.39. The fourth-order valence-corrected chi connectivity index (χ4v) is 3.79. The first-order valence-corrected chi connectivity index (χ1v) is 8.37. The minimum Gasteiger partial charge on any atom is -0.304 e. The van der Waals surface area contributed by atoms with Gasteiger partial charge >= 0.3 is 0 Å². The van der Waals surface area contributed by atoms with Crippen LogP contribution in [0.2, 0.25) is 0 Å². The molecule has 1 aliphatic carbocycles. The van der Waals surface area contributed by atoms with E-state index in [0.29, 0.717) is 18.0 Å². The molecule has 0 aromatic carbocycles. The van der Waals surface area contributed by atoms with E-state index in [4.69, 9.17) is 0 Å². The third kappa shape index (κ3) is 3.11. The molecule has 0 radical (unpaired) electrons. The van der Waals surface area contributed by atoms with Crippen molar-refractivity contribution in [2.45, 2.75) is 51.6 Å². The van der Waals surface area contributed by atoms with Crippen LogP contribution >= 0.6 is 0 Å². The molecule has 1 unspecified atom stereocenters. The average Bonchev–Trinajstić information content (AvgIpc) is 3.11. The van der Waals surface area contributed by atoms with Crippen LogP contribution in [-0.4, -0.2) is 63.2 Å². The van der Waals surface area contributed by atoms with Crippen molar-refractivity contribution in [1.29, 1.82) is 0 Å². The Morgan fingerprint density at radius 2 is 1.71 bits per heavy atom. The maximum absolute atomic E-state index is 4.42. The summed E-state index contributed by atoms with van der Waals surface area (Å²) in [5.74, 6) is 1.61. The molecule has 0 bridgehead atoms. The van der Waals surface area contributed by atoms with E-state index in [2.05, 4.69) is 50.9 Å². The molecule has 1 saturated heterocycles. The largest absolute Gasteiger partial charge is 0.304 e. The number of nitrogens with zero attached hydrogens (tertiary/aromatic N) is 6. The van der Waals surface area contributed by atoms with Crippen LogP contribution in [0.3, 0.4) is 0 Å². The van der Waals surface area contributed by atoms with E-state index in [1.165, 1.54) is 25.7 Å². The summed E-state index contributed by atoms with van der Waals surface area (Å²) in [5, 5.41) is 12.8. The van der Waals surface area contributed by atoms with Gasteiger partial charge in [-0.1, -0.05) is 26.7 Å². The molecule has 3 rings (SSSR count). The van der Waals surface area contributed by atoms with Gasteiger partial charge in [-0.3, -0.25) is 4.90 Å². The Bertz CT molecular complexity index is 443. The molecule has 2 heterocycles. The van der Waals surface area contributed by atoms with Gasteiger partial charge in [-0.15, -0.1) is 5.10 Å². The third-order valence-corrected chi connectivity index (χ3v) is 5.02. The molecule has 6 heteroatoms. The molecular weight excluding hydrogens is 264 g/mol. The van der Waals surface area contributed by atoms with Crippen molar-refractivity contribution in [2.75, 3.05) is 33.2 Å². The smallest absolute Gasteiger partial charge is 0.168 e. The maximum Gasteiger partial charge on any atom is 0.168 e. The molecule has 118 valence electrons. The fourth-order valence-electron chi connectivity index (χ4n) is 3.79. The van der Waals surface area contributed by atoms with Gasteiger partial charge in [0.1, 0.15) is 0 Å². The second-order valence-corrected chi connectivity index (χ2v) is 6.95. The summed E-state index contributed by atoms with van der Waals surface area (Å²) in [6.45, 7) is 9.06. The zero-order valence-corrected chi connectivity index (χ0v) is 13.6. The molecule has 2 fully saturated rings. The van der Waals surface area contributed by atoms with Crippen LogP contribution in [0.15, 0.2) is 0 Å². The summed E-state index contributed by atoms with van der Waals surface area (Å²) in [7, 11) is 2.20. The van der Waals surface area contributed by atoms with E-state index in [-0.39, 0.29) is 0 Å². The van der Waals surface area contributed by atoms with Gasteiger partial charge in [-0.25, -0.2) is 4.68 Å². The van der Waals surface area contributed by atoms with Crippen molar-refractivity contribution in [2.24, 2.45) is 5.92 Å². The molecule has 1 aliphatic heterocycles. The van der Waals surface area contributed by atoms with Gasteiger partial charge in [0.2, 0.25) is 0 Å². The average molecular weight is 292 g/mol. The van der Waals surface area contributed by atoms with Crippen LogP contribution < -0.4 is 0 Å². The predicted octanol–water partition coefficient (Wildman–Crippen LogP) is 1.73. The number of hydrogen-bond donors (Lipinski definition) is 0. The Labute approximate surface area is 127 Å². The van der Waals surface area contributed by atoms with Crippen LogP contribution in [0.1, 0.15) is 57.4 Å². The van der Waals surface area contributed by atoms with Crippen molar-refractivity contribution in [3.05, 3.63) is 5.82 Å². The minimum atomic E-state index is 0.342. The molecule has 0 N–H and O–H groups in total. The van der Waals surface area contributed by atoms with Crippen molar-refractivity contribution in [3.8, 4) is 0 Å². The van der Waals surface area contributed by atoms with Crippen LogP contribution in [0.4, 0.5) is 0 Å². The van der Waals surface area contributed by atoms with Gasteiger partial charge in [-0.2, -0.15) is 0 Å². The highest BCUT2D eigenvalue weighted by Gasteiger charge is 2.33. The van der Waals surface area contributed by atoms with Crippen molar-refractivity contribution in [3.63, 3.8) is 0 Å². The Balaban J connectivity index is 1.82. The Hall–Kier alpha value is -1.01. The van der Waals surface area contributed by atoms with Gasteiger partial charge in [0.25, 0.3) is 0 Å². The molecule has 0 amide bonds. The van der Waals surface area contributed by atoms with E-state index < -0.39 is 0 Å². The number of piperazine rings is 1. The topological polar surface area (TPSA) is 50.1 Å². The van der Waals surface area contributed by atoms with Crippen LogP contribution in [-0.2, 0) is 0 Å². The lowest BCUT2D eigenvalue weighted by molar-refractivity contribution is 0.0798. The molecule has 6 nitrogen and oxygen atoms in total. The number of hydrogen-bond acceptors (Lipinski definition) is 5. The molecule has 0 spiro atoms. The number of aromatic nitrogens is 4. The normalized spacial score (nSPS) is 24.0. The first-order chi connectivity index (χ1) is 10.2. The van der Waals surface area contributed by atoms with Crippen LogP contribution in [0.25, 0.3) is 0 Å². The highest BCUT2D eigenvalue weighted by atomic mass is 15.6. The van der Waals surface area contributed by atoms with Crippen molar-refractivity contribution >= 4 is 0 Å². The maximum atomic E-state index is 4.42. The second-order valence-electron chi connectivity index (χ2n) is 6.95. The summed E-state index contributed by atoms with van der Waals surface area (Å²) in [6.07, 6.45) is 5.08. The monoisotopic (exact) mass is 292 g/mol. The van der Waals surface area contributed by atoms with Crippen LogP contribution in [0, 0.1) is 5.92 Å². The van der Waals surface area contributed by atoms with Gasteiger partial charge in [0.15, 0.2) is 5.82 Å². The summed E-state index contributed by atoms with van der Waals surface area (Å²) in [5.41, 5.74) is 0. The molecule has 2 aliphatic rings. The standard InChI is InChI=1S/C15H28N6/c1-12(2)14(20-10-8-19(3)9-11-20)15-16-17-18-21(15)13-6-4-5-7-13/h12-14H,4-11H2,1-3H3. The molecule has 1 saturated carbocycles. The lowest BCUT2D eigenvalue weighted by atomic mass is 10.00. The summed E-state index contributed by atoms with van der Waals surface area (Å²) >= 11 is 0. The zero-order chi connectivity index (χ0) is 14.8. The Morgan fingerprint density at radius 3 is 2.33 bits per heavy atom.